The van der Waals surface area contributed by atoms with Gasteiger partial charge in [0.05, 0.1) is 18.5 Å². The van der Waals surface area contributed by atoms with Gasteiger partial charge in [0.1, 0.15) is 5.75 Å². The van der Waals surface area contributed by atoms with Crippen molar-refractivity contribution in [3.05, 3.63) is 54.1 Å². The minimum absolute atomic E-state index is 0.315. The molecule has 3 rings (SSSR count). The Morgan fingerprint density at radius 3 is 2.48 bits per heavy atom. The Labute approximate surface area is 150 Å². The molecule has 0 aromatic heterocycles. The van der Waals surface area contributed by atoms with Gasteiger partial charge in [-0.1, -0.05) is 24.3 Å². The third-order valence-electron chi connectivity index (χ3n) is 5.01. The van der Waals surface area contributed by atoms with E-state index >= 15 is 0 Å². The monoisotopic (exact) mass is 340 g/mol. The highest BCUT2D eigenvalue weighted by Crippen LogP contribution is 2.29. The van der Waals surface area contributed by atoms with Crippen molar-refractivity contribution in [2.45, 2.75) is 19.3 Å². The Hall–Kier alpha value is -2.20. The van der Waals surface area contributed by atoms with Gasteiger partial charge < -0.3 is 20.1 Å². The van der Waals surface area contributed by atoms with Crippen molar-refractivity contribution in [2.75, 3.05) is 43.6 Å². The Bertz CT molecular complexity index is 649. The number of methoxy groups -OCH3 is 1. The molecule has 2 aromatic rings. The van der Waals surface area contributed by atoms with Crippen molar-refractivity contribution < 1.29 is 9.84 Å². The second kappa shape index (κ2) is 8.77. The summed E-state index contributed by atoms with van der Waals surface area (Å²) in [5.74, 6) is 1.36. The summed E-state index contributed by atoms with van der Waals surface area (Å²) in [6.07, 6.45) is 3.11. The Balaban J connectivity index is 1.57. The van der Waals surface area contributed by atoms with E-state index in [0.717, 1.165) is 44.6 Å². The van der Waals surface area contributed by atoms with Crippen LogP contribution in [-0.4, -0.2) is 38.5 Å². The summed E-state index contributed by atoms with van der Waals surface area (Å²) in [7, 11) is 1.69. The fourth-order valence-electron chi connectivity index (χ4n) is 3.39. The number of anilines is 2. The fourth-order valence-corrected chi connectivity index (χ4v) is 3.39. The molecule has 1 fully saturated rings. The highest BCUT2D eigenvalue weighted by atomic mass is 16.5. The van der Waals surface area contributed by atoms with Crippen molar-refractivity contribution in [1.82, 2.24) is 0 Å². The second-order valence-electron chi connectivity index (χ2n) is 6.65. The molecule has 0 saturated carbocycles. The predicted octanol–water partition coefficient (Wildman–Crippen LogP) is 3.56. The third kappa shape index (κ3) is 4.67. The van der Waals surface area contributed by atoms with E-state index in [-0.39, 0.29) is 0 Å². The molecule has 4 heteroatoms. The summed E-state index contributed by atoms with van der Waals surface area (Å²) in [6, 6.07) is 16.8. The highest BCUT2D eigenvalue weighted by Gasteiger charge is 2.20. The molecule has 0 aliphatic carbocycles. The smallest absolute Gasteiger partial charge is 0.118 e. The number of hydrogen-bond acceptors (Lipinski definition) is 4. The van der Waals surface area contributed by atoms with Crippen LogP contribution in [0.15, 0.2) is 48.5 Å². The first kappa shape index (κ1) is 17.6. The molecule has 0 unspecified atom stereocenters. The maximum absolute atomic E-state index is 9.32. The summed E-state index contributed by atoms with van der Waals surface area (Å²) < 4.78 is 5.20. The average Bonchev–Trinajstić information content (AvgIpc) is 2.69. The lowest BCUT2D eigenvalue weighted by molar-refractivity contribution is 0.203. The molecule has 2 aromatic carbocycles. The second-order valence-corrected chi connectivity index (χ2v) is 6.65. The molecule has 0 bridgehead atoms. The first-order valence-corrected chi connectivity index (χ1v) is 9.12. The van der Waals surface area contributed by atoms with Gasteiger partial charge in [-0.05, 0) is 55.0 Å². The number of piperidine rings is 1. The van der Waals surface area contributed by atoms with Gasteiger partial charge >= 0.3 is 0 Å². The molecule has 0 atom stereocenters. The summed E-state index contributed by atoms with van der Waals surface area (Å²) in [4.78, 5) is 2.43. The zero-order valence-electron chi connectivity index (χ0n) is 14.9. The number of benzene rings is 2. The number of aliphatic hydroxyl groups excluding tert-OH is 1. The van der Waals surface area contributed by atoms with E-state index in [1.54, 1.807) is 7.11 Å². The quantitative estimate of drug-likeness (QED) is 0.809. The average molecular weight is 340 g/mol. The lowest BCUT2D eigenvalue weighted by atomic mass is 9.97. The fraction of sp³-hybridized carbons (Fsp3) is 0.429. The lowest BCUT2D eigenvalue weighted by Crippen LogP contribution is -2.35. The third-order valence-corrected chi connectivity index (χ3v) is 5.01. The molecule has 1 heterocycles. The Morgan fingerprint density at radius 2 is 1.80 bits per heavy atom. The van der Waals surface area contributed by atoms with Gasteiger partial charge in [0, 0.05) is 26.2 Å². The molecule has 2 N–H and O–H groups in total. The molecular formula is C21H28N2O2. The lowest BCUT2D eigenvalue weighted by Gasteiger charge is -2.34. The van der Waals surface area contributed by atoms with Gasteiger partial charge in [0.25, 0.3) is 0 Å². The zero-order valence-corrected chi connectivity index (χ0v) is 14.9. The van der Waals surface area contributed by atoms with E-state index in [1.165, 1.54) is 16.9 Å². The Morgan fingerprint density at radius 1 is 1.08 bits per heavy atom. The van der Waals surface area contributed by atoms with Crippen LogP contribution >= 0.6 is 0 Å². The van der Waals surface area contributed by atoms with Crippen molar-refractivity contribution in [3.8, 4) is 5.75 Å². The predicted molar refractivity (Wildman–Crippen MR) is 104 cm³/mol. The van der Waals surface area contributed by atoms with Crippen LogP contribution in [-0.2, 0) is 6.42 Å². The van der Waals surface area contributed by atoms with E-state index in [9.17, 15) is 5.11 Å². The summed E-state index contributed by atoms with van der Waals surface area (Å²) in [5, 5.41) is 12.9. The van der Waals surface area contributed by atoms with E-state index in [2.05, 4.69) is 46.6 Å². The Kier molecular flexibility index (Phi) is 6.18. The summed E-state index contributed by atoms with van der Waals surface area (Å²) >= 11 is 0. The van der Waals surface area contributed by atoms with Crippen LogP contribution in [0.3, 0.4) is 0 Å². The van der Waals surface area contributed by atoms with Gasteiger partial charge in [-0.15, -0.1) is 0 Å². The molecule has 1 saturated heterocycles. The van der Waals surface area contributed by atoms with Crippen molar-refractivity contribution >= 4 is 11.4 Å². The number of para-hydroxylation sites is 2. The van der Waals surface area contributed by atoms with Crippen LogP contribution in [0, 0.1) is 5.92 Å². The zero-order chi connectivity index (χ0) is 17.5. The molecule has 0 spiro atoms. The first-order chi connectivity index (χ1) is 12.3. The van der Waals surface area contributed by atoms with Gasteiger partial charge in [-0.3, -0.25) is 0 Å². The van der Waals surface area contributed by atoms with Crippen LogP contribution in [0.1, 0.15) is 18.4 Å². The summed E-state index contributed by atoms with van der Waals surface area (Å²) in [6.45, 7) is 3.25. The molecule has 0 radical (unpaired) electrons. The molecule has 25 heavy (non-hydrogen) atoms. The van der Waals surface area contributed by atoms with Crippen LogP contribution in [0.2, 0.25) is 0 Å². The van der Waals surface area contributed by atoms with Crippen molar-refractivity contribution in [1.29, 1.82) is 0 Å². The number of nitrogens with zero attached hydrogens (tertiary/aromatic N) is 1. The van der Waals surface area contributed by atoms with E-state index in [0.29, 0.717) is 12.5 Å². The topological polar surface area (TPSA) is 44.7 Å². The first-order valence-electron chi connectivity index (χ1n) is 9.12. The molecule has 0 amide bonds. The molecule has 1 aliphatic heterocycles. The normalized spacial score (nSPS) is 15.2. The highest BCUT2D eigenvalue weighted by molar-refractivity contribution is 5.70. The minimum atomic E-state index is 0.315. The summed E-state index contributed by atoms with van der Waals surface area (Å²) in [5.41, 5.74) is 3.77. The van der Waals surface area contributed by atoms with E-state index in [1.807, 2.05) is 12.1 Å². The number of aliphatic hydroxyl groups is 1. The largest absolute Gasteiger partial charge is 0.497 e. The number of rotatable bonds is 7. The van der Waals surface area contributed by atoms with Gasteiger partial charge in [-0.2, -0.15) is 0 Å². The van der Waals surface area contributed by atoms with Crippen molar-refractivity contribution in [2.24, 2.45) is 5.92 Å². The van der Waals surface area contributed by atoms with Gasteiger partial charge in [0.15, 0.2) is 0 Å². The van der Waals surface area contributed by atoms with E-state index < -0.39 is 0 Å². The maximum Gasteiger partial charge on any atom is 0.118 e. The van der Waals surface area contributed by atoms with Gasteiger partial charge in [-0.25, -0.2) is 0 Å². The van der Waals surface area contributed by atoms with Crippen LogP contribution in [0.4, 0.5) is 11.4 Å². The SMILES string of the molecule is COc1ccc(CCNc2ccccc2N2CCC(CO)CC2)cc1. The van der Waals surface area contributed by atoms with Crippen molar-refractivity contribution in [3.63, 3.8) is 0 Å². The van der Waals surface area contributed by atoms with E-state index in [4.69, 9.17) is 4.74 Å². The maximum atomic E-state index is 9.32. The standard InChI is InChI=1S/C21H28N2O2/c1-25-19-8-6-17(7-9-19)10-13-22-20-4-2-3-5-21(20)23-14-11-18(16-24)12-15-23/h2-9,18,22,24H,10-16H2,1H3. The van der Waals surface area contributed by atoms with Crippen LogP contribution in [0.5, 0.6) is 5.75 Å². The molecular weight excluding hydrogens is 312 g/mol. The van der Waals surface area contributed by atoms with Gasteiger partial charge in [0.2, 0.25) is 0 Å². The minimum Gasteiger partial charge on any atom is -0.497 e. The van der Waals surface area contributed by atoms with Crippen LogP contribution in [0.25, 0.3) is 0 Å². The number of ether oxygens (including phenoxy) is 1. The molecule has 134 valence electrons. The number of nitrogens with one attached hydrogen (secondary N) is 1. The molecule has 4 nitrogen and oxygen atoms in total. The molecule has 1 aliphatic rings. The van der Waals surface area contributed by atoms with Crippen LogP contribution < -0.4 is 15.0 Å². The number of hydrogen-bond donors (Lipinski definition) is 2.